The highest BCUT2D eigenvalue weighted by Crippen LogP contribution is 2.21. The molecule has 0 spiro atoms. The number of amides is 1. The number of methoxy groups -OCH3 is 1. The van der Waals surface area contributed by atoms with Crippen molar-refractivity contribution in [2.24, 2.45) is 5.92 Å². The topological polar surface area (TPSA) is 91.4 Å². The first-order valence-electron chi connectivity index (χ1n) is 9.75. The van der Waals surface area contributed by atoms with Gasteiger partial charge in [0.15, 0.2) is 0 Å². The highest BCUT2D eigenvalue weighted by atomic mass is 16.5. The van der Waals surface area contributed by atoms with Gasteiger partial charge in [-0.05, 0) is 42.5 Å². The first-order valence-corrected chi connectivity index (χ1v) is 9.75. The summed E-state index contributed by atoms with van der Waals surface area (Å²) in [6.07, 6.45) is 4.14. The Hall–Kier alpha value is -3.28. The second kappa shape index (κ2) is 9.78. The first kappa shape index (κ1) is 20.5. The van der Waals surface area contributed by atoms with Gasteiger partial charge < -0.3 is 20.1 Å². The van der Waals surface area contributed by atoms with E-state index in [1.165, 1.54) is 10.9 Å². The van der Waals surface area contributed by atoms with Crippen LogP contribution in [0.25, 0.3) is 10.9 Å². The predicted octanol–water partition coefficient (Wildman–Crippen LogP) is 3.56. The summed E-state index contributed by atoms with van der Waals surface area (Å²) in [7, 11) is 1.56. The van der Waals surface area contributed by atoms with Gasteiger partial charge in [-0.2, -0.15) is 0 Å². The first-order chi connectivity index (χ1) is 14.1. The summed E-state index contributed by atoms with van der Waals surface area (Å²) in [5.41, 5.74) is 3.09. The number of para-hydroxylation sites is 2. The summed E-state index contributed by atoms with van der Waals surface area (Å²) in [5, 5.41) is 13.5. The molecule has 1 heterocycles. The van der Waals surface area contributed by atoms with Gasteiger partial charge in [-0.25, -0.2) is 0 Å². The lowest BCUT2D eigenvalue weighted by Gasteiger charge is -2.15. The lowest BCUT2D eigenvalue weighted by atomic mass is 9.98. The Bertz CT molecular complexity index is 980. The maximum atomic E-state index is 12.2. The molecule has 1 aromatic heterocycles. The van der Waals surface area contributed by atoms with Crippen molar-refractivity contribution in [2.45, 2.75) is 25.7 Å². The number of rotatable bonds is 10. The summed E-state index contributed by atoms with van der Waals surface area (Å²) >= 11 is 0. The molecule has 0 saturated carbocycles. The van der Waals surface area contributed by atoms with Crippen molar-refractivity contribution < 1.29 is 19.4 Å². The number of carboxylic acids is 1. The normalized spacial score (nSPS) is 11.9. The predicted molar refractivity (Wildman–Crippen MR) is 112 cm³/mol. The Labute approximate surface area is 169 Å². The number of hydrogen-bond acceptors (Lipinski definition) is 3. The van der Waals surface area contributed by atoms with E-state index in [0.29, 0.717) is 25.0 Å². The molecule has 1 amide bonds. The average molecular weight is 394 g/mol. The van der Waals surface area contributed by atoms with Crippen LogP contribution in [-0.4, -0.2) is 35.6 Å². The van der Waals surface area contributed by atoms with Gasteiger partial charge in [0, 0.05) is 30.1 Å². The molecule has 6 heteroatoms. The molecule has 152 valence electrons. The summed E-state index contributed by atoms with van der Waals surface area (Å²) in [6, 6.07) is 15.4. The molecular formula is C23H26N2O4. The summed E-state index contributed by atoms with van der Waals surface area (Å²) < 4.78 is 5.29. The van der Waals surface area contributed by atoms with E-state index in [0.717, 1.165) is 17.5 Å². The van der Waals surface area contributed by atoms with Crippen LogP contribution in [0.4, 0.5) is 0 Å². The fraction of sp³-hybridized carbons (Fsp3) is 0.304. The Kier molecular flexibility index (Phi) is 6.89. The molecule has 1 atom stereocenters. The van der Waals surface area contributed by atoms with Gasteiger partial charge in [-0.1, -0.05) is 36.4 Å². The minimum Gasteiger partial charge on any atom is -0.496 e. The number of benzene rings is 2. The molecular weight excluding hydrogens is 368 g/mol. The highest BCUT2D eigenvalue weighted by molar-refractivity contribution is 5.83. The number of carboxylic acid groups (broad SMARTS) is 1. The SMILES string of the molecule is COc1ccccc1CC(CNC(=O)CCCc1c[nH]c2ccccc12)C(=O)O. The number of H-pyrrole nitrogens is 1. The number of nitrogens with one attached hydrogen (secondary N) is 2. The van der Waals surface area contributed by atoms with Gasteiger partial charge in [0.25, 0.3) is 0 Å². The number of aliphatic carboxylic acids is 1. The van der Waals surface area contributed by atoms with Crippen LogP contribution in [0.3, 0.4) is 0 Å². The van der Waals surface area contributed by atoms with Crippen LogP contribution in [-0.2, 0) is 22.4 Å². The minimum absolute atomic E-state index is 0.0965. The van der Waals surface area contributed by atoms with Crippen LogP contribution < -0.4 is 10.1 Å². The lowest BCUT2D eigenvalue weighted by Crippen LogP contribution is -2.34. The number of carbonyl (C=O) groups is 2. The molecule has 0 bridgehead atoms. The molecule has 3 aromatic rings. The summed E-state index contributed by atoms with van der Waals surface area (Å²) in [6.45, 7) is 0.0965. The van der Waals surface area contributed by atoms with E-state index in [1.54, 1.807) is 13.2 Å². The number of aromatic nitrogens is 1. The zero-order chi connectivity index (χ0) is 20.6. The van der Waals surface area contributed by atoms with Crippen LogP contribution in [0.5, 0.6) is 5.75 Å². The molecule has 0 aliphatic heterocycles. The fourth-order valence-corrected chi connectivity index (χ4v) is 3.49. The van der Waals surface area contributed by atoms with E-state index in [2.05, 4.69) is 16.4 Å². The van der Waals surface area contributed by atoms with E-state index in [-0.39, 0.29) is 12.5 Å². The zero-order valence-electron chi connectivity index (χ0n) is 16.5. The standard InChI is InChI=1S/C23H26N2O4/c1-29-21-11-5-2-7-16(21)13-18(23(27)28)15-25-22(26)12-6-8-17-14-24-20-10-4-3-9-19(17)20/h2-5,7,9-11,14,18,24H,6,8,12-13,15H2,1H3,(H,25,26)(H,27,28). The van der Waals surface area contributed by atoms with E-state index in [4.69, 9.17) is 4.74 Å². The maximum Gasteiger partial charge on any atom is 0.308 e. The second-order valence-electron chi connectivity index (χ2n) is 7.07. The molecule has 29 heavy (non-hydrogen) atoms. The molecule has 3 N–H and O–H groups in total. The average Bonchev–Trinajstić information content (AvgIpc) is 3.14. The molecule has 0 radical (unpaired) electrons. The van der Waals surface area contributed by atoms with Gasteiger partial charge in [-0.3, -0.25) is 9.59 Å². The number of fused-ring (bicyclic) bond motifs is 1. The second-order valence-corrected chi connectivity index (χ2v) is 7.07. The Balaban J connectivity index is 1.48. The van der Waals surface area contributed by atoms with E-state index in [9.17, 15) is 14.7 Å². The molecule has 1 unspecified atom stereocenters. The Morgan fingerprint density at radius 1 is 1.10 bits per heavy atom. The fourth-order valence-electron chi connectivity index (χ4n) is 3.49. The van der Waals surface area contributed by atoms with Crippen molar-refractivity contribution >= 4 is 22.8 Å². The molecule has 6 nitrogen and oxygen atoms in total. The highest BCUT2D eigenvalue weighted by Gasteiger charge is 2.20. The Morgan fingerprint density at radius 2 is 1.86 bits per heavy atom. The number of carbonyl (C=O) groups excluding carboxylic acids is 1. The number of aromatic amines is 1. The van der Waals surface area contributed by atoms with Crippen LogP contribution >= 0.6 is 0 Å². The third-order valence-corrected chi connectivity index (χ3v) is 5.08. The summed E-state index contributed by atoms with van der Waals surface area (Å²) in [4.78, 5) is 27.1. The van der Waals surface area contributed by atoms with Crippen molar-refractivity contribution in [1.29, 1.82) is 0 Å². The van der Waals surface area contributed by atoms with Gasteiger partial charge in [0.2, 0.25) is 5.91 Å². The molecule has 0 aliphatic carbocycles. The van der Waals surface area contributed by atoms with Crippen molar-refractivity contribution in [3.05, 3.63) is 65.9 Å². The van der Waals surface area contributed by atoms with Gasteiger partial charge >= 0.3 is 5.97 Å². The van der Waals surface area contributed by atoms with Gasteiger partial charge in [0.1, 0.15) is 5.75 Å². The van der Waals surface area contributed by atoms with Crippen LogP contribution in [0.2, 0.25) is 0 Å². The number of hydrogen-bond donors (Lipinski definition) is 3. The zero-order valence-corrected chi connectivity index (χ0v) is 16.5. The molecule has 0 aliphatic rings. The van der Waals surface area contributed by atoms with Crippen molar-refractivity contribution in [2.75, 3.05) is 13.7 Å². The molecule has 0 fully saturated rings. The lowest BCUT2D eigenvalue weighted by molar-refractivity contribution is -0.141. The van der Waals surface area contributed by atoms with E-state index >= 15 is 0 Å². The van der Waals surface area contributed by atoms with E-state index < -0.39 is 11.9 Å². The van der Waals surface area contributed by atoms with Crippen LogP contribution in [0, 0.1) is 5.92 Å². The maximum absolute atomic E-state index is 12.2. The smallest absolute Gasteiger partial charge is 0.308 e. The number of aryl methyl sites for hydroxylation is 1. The quantitative estimate of drug-likeness (QED) is 0.490. The third-order valence-electron chi connectivity index (χ3n) is 5.08. The van der Waals surface area contributed by atoms with Crippen molar-refractivity contribution in [3.8, 4) is 5.75 Å². The monoisotopic (exact) mass is 394 g/mol. The number of ether oxygens (including phenoxy) is 1. The van der Waals surface area contributed by atoms with Crippen molar-refractivity contribution in [1.82, 2.24) is 10.3 Å². The molecule has 3 rings (SSSR count). The van der Waals surface area contributed by atoms with E-state index in [1.807, 2.05) is 42.6 Å². The Morgan fingerprint density at radius 3 is 2.66 bits per heavy atom. The van der Waals surface area contributed by atoms with Crippen LogP contribution in [0.1, 0.15) is 24.0 Å². The largest absolute Gasteiger partial charge is 0.496 e. The van der Waals surface area contributed by atoms with Gasteiger partial charge in [0.05, 0.1) is 13.0 Å². The molecule has 2 aromatic carbocycles. The van der Waals surface area contributed by atoms with Crippen LogP contribution in [0.15, 0.2) is 54.7 Å². The minimum atomic E-state index is -0.935. The van der Waals surface area contributed by atoms with Gasteiger partial charge in [-0.15, -0.1) is 0 Å². The molecule has 0 saturated heterocycles. The van der Waals surface area contributed by atoms with Crippen molar-refractivity contribution in [3.63, 3.8) is 0 Å². The third kappa shape index (κ3) is 5.38. The summed E-state index contributed by atoms with van der Waals surface area (Å²) in [5.74, 6) is -1.11.